The van der Waals surface area contributed by atoms with Crippen LogP contribution in [0.15, 0.2) is 47.8 Å². The van der Waals surface area contributed by atoms with Gasteiger partial charge in [-0.15, -0.1) is 4.91 Å². The zero-order valence-corrected chi connectivity index (χ0v) is 11.1. The van der Waals surface area contributed by atoms with Crippen LogP contribution in [-0.2, 0) is 0 Å². The average molecular weight is 281 g/mol. The maximum absolute atomic E-state index is 11.1. The number of aromatic carboxylic acids is 1. The first-order chi connectivity index (χ1) is 10.1. The summed E-state index contributed by atoms with van der Waals surface area (Å²) in [6.45, 7) is 1.96. The standard InChI is InChI=1S/C15H11N3O3/c1-9-2-4-10(5-3-9)13-14(17-21)18-7-6-11(15(19)20)8-12(18)16-13/h2-8H,1H3,(H,19,20). The molecule has 0 aliphatic heterocycles. The van der Waals surface area contributed by atoms with Crippen molar-refractivity contribution in [3.05, 3.63) is 58.6 Å². The van der Waals surface area contributed by atoms with E-state index in [0.29, 0.717) is 11.3 Å². The molecule has 6 heteroatoms. The Labute approximate surface area is 119 Å². The van der Waals surface area contributed by atoms with Gasteiger partial charge in [-0.05, 0) is 24.2 Å². The number of benzene rings is 1. The summed E-state index contributed by atoms with van der Waals surface area (Å²) in [4.78, 5) is 26.5. The van der Waals surface area contributed by atoms with E-state index in [1.165, 1.54) is 22.7 Å². The number of imidazole rings is 1. The Morgan fingerprint density at radius 1 is 1.24 bits per heavy atom. The molecule has 0 unspecified atom stereocenters. The van der Waals surface area contributed by atoms with Gasteiger partial charge in [-0.2, -0.15) is 0 Å². The molecule has 3 rings (SSSR count). The molecule has 0 saturated heterocycles. The Morgan fingerprint density at radius 2 is 1.95 bits per heavy atom. The van der Waals surface area contributed by atoms with Crippen molar-refractivity contribution in [2.45, 2.75) is 6.92 Å². The normalized spacial score (nSPS) is 10.7. The number of hydrogen-bond donors (Lipinski definition) is 1. The number of carboxylic acids is 1. The summed E-state index contributed by atoms with van der Waals surface area (Å²) in [5.41, 5.74) is 2.78. The molecule has 0 radical (unpaired) electrons. The van der Waals surface area contributed by atoms with Crippen LogP contribution in [0.2, 0.25) is 0 Å². The smallest absolute Gasteiger partial charge is 0.335 e. The molecule has 21 heavy (non-hydrogen) atoms. The van der Waals surface area contributed by atoms with Crippen LogP contribution in [-0.4, -0.2) is 20.5 Å². The summed E-state index contributed by atoms with van der Waals surface area (Å²) in [7, 11) is 0. The molecule has 0 atom stereocenters. The third kappa shape index (κ3) is 2.16. The third-order valence-corrected chi connectivity index (χ3v) is 3.26. The second-order valence-corrected chi connectivity index (χ2v) is 4.69. The van der Waals surface area contributed by atoms with Crippen molar-refractivity contribution in [2.75, 3.05) is 0 Å². The number of nitroso groups, excluding NO2 is 1. The van der Waals surface area contributed by atoms with Crippen molar-refractivity contribution in [2.24, 2.45) is 5.18 Å². The Balaban J connectivity index is 2.25. The summed E-state index contributed by atoms with van der Waals surface area (Å²) >= 11 is 0. The van der Waals surface area contributed by atoms with E-state index in [4.69, 9.17) is 5.11 Å². The van der Waals surface area contributed by atoms with E-state index >= 15 is 0 Å². The van der Waals surface area contributed by atoms with Gasteiger partial charge in [0.05, 0.1) is 5.56 Å². The highest BCUT2D eigenvalue weighted by Gasteiger charge is 2.16. The van der Waals surface area contributed by atoms with Crippen LogP contribution in [0.1, 0.15) is 15.9 Å². The molecule has 0 spiro atoms. The molecule has 0 aliphatic rings. The van der Waals surface area contributed by atoms with Crippen molar-refractivity contribution in [3.63, 3.8) is 0 Å². The molecule has 0 aliphatic carbocycles. The summed E-state index contributed by atoms with van der Waals surface area (Å²) in [6, 6.07) is 10.3. The fourth-order valence-corrected chi connectivity index (χ4v) is 2.16. The Bertz CT molecular complexity index is 850. The van der Waals surface area contributed by atoms with Crippen molar-refractivity contribution < 1.29 is 9.90 Å². The first-order valence-corrected chi connectivity index (χ1v) is 6.26. The molecular weight excluding hydrogens is 270 g/mol. The molecule has 1 aromatic carbocycles. The van der Waals surface area contributed by atoms with Crippen molar-refractivity contribution in [1.82, 2.24) is 9.38 Å². The van der Waals surface area contributed by atoms with Gasteiger partial charge in [-0.25, -0.2) is 9.78 Å². The molecule has 0 amide bonds. The van der Waals surface area contributed by atoms with E-state index < -0.39 is 5.97 Å². The fourth-order valence-electron chi connectivity index (χ4n) is 2.16. The second kappa shape index (κ2) is 4.82. The van der Waals surface area contributed by atoms with Crippen LogP contribution < -0.4 is 0 Å². The highest BCUT2D eigenvalue weighted by atomic mass is 16.4. The lowest BCUT2D eigenvalue weighted by atomic mass is 10.1. The number of aromatic nitrogens is 2. The van der Waals surface area contributed by atoms with E-state index in [9.17, 15) is 9.70 Å². The van der Waals surface area contributed by atoms with E-state index in [1.807, 2.05) is 31.2 Å². The lowest BCUT2D eigenvalue weighted by molar-refractivity contribution is 0.0697. The second-order valence-electron chi connectivity index (χ2n) is 4.69. The first kappa shape index (κ1) is 13.0. The minimum absolute atomic E-state index is 0.111. The maximum Gasteiger partial charge on any atom is 0.335 e. The Morgan fingerprint density at radius 3 is 2.57 bits per heavy atom. The van der Waals surface area contributed by atoms with Crippen LogP contribution in [0.4, 0.5) is 5.82 Å². The number of rotatable bonds is 3. The monoisotopic (exact) mass is 281 g/mol. The fraction of sp³-hybridized carbons (Fsp3) is 0.0667. The van der Waals surface area contributed by atoms with E-state index in [-0.39, 0.29) is 11.4 Å². The molecule has 3 aromatic rings. The largest absolute Gasteiger partial charge is 0.478 e. The molecule has 2 aromatic heterocycles. The van der Waals surface area contributed by atoms with Gasteiger partial charge in [0, 0.05) is 11.8 Å². The first-order valence-electron chi connectivity index (χ1n) is 6.26. The van der Waals surface area contributed by atoms with E-state index in [2.05, 4.69) is 10.2 Å². The Kier molecular flexibility index (Phi) is 2.98. The predicted octanol–water partition coefficient (Wildman–Crippen LogP) is 3.41. The highest BCUT2D eigenvalue weighted by molar-refractivity contribution is 5.89. The number of nitrogens with zero attached hydrogens (tertiary/aromatic N) is 3. The number of carboxylic acid groups (broad SMARTS) is 1. The van der Waals surface area contributed by atoms with Crippen molar-refractivity contribution in [3.8, 4) is 11.3 Å². The Hall–Kier alpha value is -3.02. The lowest BCUT2D eigenvalue weighted by Gasteiger charge is -1.98. The molecule has 6 nitrogen and oxygen atoms in total. The number of aryl methyl sites for hydroxylation is 1. The predicted molar refractivity (Wildman–Crippen MR) is 77.8 cm³/mol. The number of carbonyl (C=O) groups is 1. The van der Waals surface area contributed by atoms with Gasteiger partial charge in [0.25, 0.3) is 0 Å². The molecule has 2 heterocycles. The van der Waals surface area contributed by atoms with Gasteiger partial charge in [0.1, 0.15) is 11.3 Å². The van der Waals surface area contributed by atoms with Crippen LogP contribution in [0.5, 0.6) is 0 Å². The summed E-state index contributed by atoms with van der Waals surface area (Å²) in [6.07, 6.45) is 1.49. The minimum atomic E-state index is -1.04. The number of pyridine rings is 1. The van der Waals surface area contributed by atoms with Crippen LogP contribution >= 0.6 is 0 Å². The van der Waals surface area contributed by atoms with Gasteiger partial charge >= 0.3 is 5.97 Å². The minimum Gasteiger partial charge on any atom is -0.478 e. The molecule has 104 valence electrons. The summed E-state index contributed by atoms with van der Waals surface area (Å²) in [5.74, 6) is -0.885. The quantitative estimate of drug-likeness (QED) is 0.745. The van der Waals surface area contributed by atoms with Gasteiger partial charge in [0.15, 0.2) is 0 Å². The summed E-state index contributed by atoms with van der Waals surface area (Å²) in [5, 5.41) is 12.0. The topological polar surface area (TPSA) is 84.0 Å². The molecule has 0 fully saturated rings. The zero-order valence-electron chi connectivity index (χ0n) is 11.1. The SMILES string of the molecule is Cc1ccc(-c2nc3cc(C(=O)O)ccn3c2N=O)cc1. The van der Waals surface area contributed by atoms with Crippen molar-refractivity contribution in [1.29, 1.82) is 0 Å². The van der Waals surface area contributed by atoms with Crippen LogP contribution in [0.25, 0.3) is 16.9 Å². The van der Waals surface area contributed by atoms with Gasteiger partial charge in [-0.3, -0.25) is 4.40 Å². The van der Waals surface area contributed by atoms with E-state index in [0.717, 1.165) is 11.1 Å². The number of hydrogen-bond acceptors (Lipinski definition) is 4. The lowest BCUT2D eigenvalue weighted by Crippen LogP contribution is -1.97. The van der Waals surface area contributed by atoms with Gasteiger partial charge in [0.2, 0.25) is 5.82 Å². The summed E-state index contributed by atoms with van der Waals surface area (Å²) < 4.78 is 1.48. The maximum atomic E-state index is 11.1. The highest BCUT2D eigenvalue weighted by Crippen LogP contribution is 2.31. The third-order valence-electron chi connectivity index (χ3n) is 3.26. The van der Waals surface area contributed by atoms with E-state index in [1.54, 1.807) is 0 Å². The average Bonchev–Trinajstić information content (AvgIpc) is 2.85. The van der Waals surface area contributed by atoms with Gasteiger partial charge < -0.3 is 5.11 Å². The van der Waals surface area contributed by atoms with Crippen molar-refractivity contribution >= 4 is 17.4 Å². The molecule has 1 N–H and O–H groups in total. The van der Waals surface area contributed by atoms with Crippen LogP contribution in [0, 0.1) is 11.8 Å². The molecule has 0 saturated carbocycles. The van der Waals surface area contributed by atoms with Crippen LogP contribution in [0.3, 0.4) is 0 Å². The zero-order chi connectivity index (χ0) is 15.0. The number of fused-ring (bicyclic) bond motifs is 1. The van der Waals surface area contributed by atoms with Gasteiger partial charge in [-0.1, -0.05) is 29.8 Å². The molecule has 0 bridgehead atoms. The molecular formula is C15H11N3O3.